The van der Waals surface area contributed by atoms with E-state index in [0.29, 0.717) is 12.0 Å². The van der Waals surface area contributed by atoms with E-state index in [1.54, 1.807) is 6.33 Å². The number of imidazole rings is 1. The Morgan fingerprint density at radius 1 is 1.53 bits per heavy atom. The average Bonchev–Trinajstić information content (AvgIpc) is 2.89. The largest absolute Gasteiger partial charge is 0.347 e. The molecule has 17 heavy (non-hydrogen) atoms. The summed E-state index contributed by atoms with van der Waals surface area (Å²) in [6, 6.07) is 0.677. The highest BCUT2D eigenvalue weighted by molar-refractivity contribution is 4.94. The Hall–Kier alpha value is -0.870. The van der Waals surface area contributed by atoms with Crippen molar-refractivity contribution in [1.82, 2.24) is 20.2 Å². The summed E-state index contributed by atoms with van der Waals surface area (Å²) < 4.78 is 0. The Kier molecular flexibility index (Phi) is 4.57. The summed E-state index contributed by atoms with van der Waals surface area (Å²) in [5, 5.41) is 3.57. The van der Waals surface area contributed by atoms with E-state index in [1.807, 2.05) is 6.20 Å². The van der Waals surface area contributed by atoms with Gasteiger partial charge in [-0.15, -0.1) is 0 Å². The molecule has 0 spiro atoms. The molecule has 0 bridgehead atoms. The van der Waals surface area contributed by atoms with Crippen molar-refractivity contribution in [3.63, 3.8) is 0 Å². The molecule has 1 aromatic rings. The molecule has 4 nitrogen and oxygen atoms in total. The lowest BCUT2D eigenvalue weighted by molar-refractivity contribution is 0.214. The van der Waals surface area contributed by atoms with Crippen LogP contribution < -0.4 is 5.32 Å². The minimum absolute atomic E-state index is 0.677. The van der Waals surface area contributed by atoms with Crippen LogP contribution in [0.4, 0.5) is 0 Å². The van der Waals surface area contributed by atoms with Crippen LogP contribution in [0.3, 0.4) is 0 Å². The van der Waals surface area contributed by atoms with Gasteiger partial charge < -0.3 is 10.3 Å². The lowest BCUT2D eigenvalue weighted by atomic mass is 10.1. The molecule has 1 atom stereocenters. The molecule has 1 unspecified atom stereocenters. The number of aromatic amines is 1. The molecule has 1 fully saturated rings. The van der Waals surface area contributed by atoms with Gasteiger partial charge in [0.05, 0.1) is 6.33 Å². The van der Waals surface area contributed by atoms with Crippen molar-refractivity contribution in [3.8, 4) is 0 Å². The third-order valence-corrected chi connectivity index (χ3v) is 3.21. The number of nitrogens with one attached hydrogen (secondary N) is 2. The van der Waals surface area contributed by atoms with Crippen LogP contribution in [0.5, 0.6) is 0 Å². The van der Waals surface area contributed by atoms with Gasteiger partial charge in [-0.2, -0.15) is 0 Å². The Morgan fingerprint density at radius 2 is 2.41 bits per heavy atom. The third-order valence-electron chi connectivity index (χ3n) is 3.21. The Morgan fingerprint density at radius 3 is 3.00 bits per heavy atom. The molecule has 2 rings (SSSR count). The molecule has 0 amide bonds. The predicted molar refractivity (Wildman–Crippen MR) is 69.7 cm³/mol. The third kappa shape index (κ3) is 4.13. The molecule has 1 aromatic heterocycles. The fourth-order valence-electron chi connectivity index (χ4n) is 2.56. The molecule has 2 heterocycles. The van der Waals surface area contributed by atoms with Crippen molar-refractivity contribution in [2.24, 2.45) is 5.92 Å². The smallest absolute Gasteiger partial charge is 0.0922 e. The van der Waals surface area contributed by atoms with Gasteiger partial charge in [-0.05, 0) is 25.3 Å². The van der Waals surface area contributed by atoms with Gasteiger partial charge in [-0.3, -0.25) is 4.90 Å². The fraction of sp³-hybridized carbons (Fsp3) is 0.769. The highest BCUT2D eigenvalue weighted by Crippen LogP contribution is 2.11. The minimum atomic E-state index is 0.677. The van der Waals surface area contributed by atoms with Gasteiger partial charge in [-0.25, -0.2) is 4.98 Å². The molecule has 96 valence electrons. The molecule has 0 saturated carbocycles. The number of hydrogen-bond donors (Lipinski definition) is 2. The zero-order chi connectivity index (χ0) is 12.1. The molecule has 1 aliphatic heterocycles. The first-order valence-electron chi connectivity index (χ1n) is 6.67. The minimum Gasteiger partial charge on any atom is -0.347 e. The van der Waals surface area contributed by atoms with E-state index >= 15 is 0 Å². The molecule has 0 aromatic carbocycles. The summed E-state index contributed by atoms with van der Waals surface area (Å²) in [6.45, 7) is 9.03. The molecule has 4 heteroatoms. The monoisotopic (exact) mass is 236 g/mol. The maximum absolute atomic E-state index is 4.09. The van der Waals surface area contributed by atoms with Crippen LogP contribution in [0, 0.1) is 5.92 Å². The van der Waals surface area contributed by atoms with Crippen LogP contribution in [0.25, 0.3) is 0 Å². The molecule has 0 radical (unpaired) electrons. The van der Waals surface area contributed by atoms with Gasteiger partial charge in [-0.1, -0.05) is 13.8 Å². The zero-order valence-corrected chi connectivity index (χ0v) is 10.9. The highest BCUT2D eigenvalue weighted by Gasteiger charge is 2.18. The molecule has 1 aliphatic rings. The molecular weight excluding hydrogens is 212 g/mol. The summed E-state index contributed by atoms with van der Waals surface area (Å²) in [7, 11) is 0. The van der Waals surface area contributed by atoms with Crippen molar-refractivity contribution in [2.45, 2.75) is 39.3 Å². The summed E-state index contributed by atoms with van der Waals surface area (Å²) in [4.78, 5) is 9.81. The van der Waals surface area contributed by atoms with Crippen LogP contribution in [0.15, 0.2) is 12.5 Å². The number of nitrogens with zero attached hydrogens (tertiary/aromatic N) is 2. The van der Waals surface area contributed by atoms with Crippen molar-refractivity contribution in [1.29, 1.82) is 0 Å². The van der Waals surface area contributed by atoms with E-state index in [9.17, 15) is 0 Å². The standard InChI is InChI=1S/C13H24N4/c1-11(2)7-17(8-12-4-3-5-15-12)9-13-6-14-10-16-13/h6,10-12,15H,3-5,7-9H2,1-2H3,(H,14,16). The quantitative estimate of drug-likeness (QED) is 0.789. The van der Waals surface area contributed by atoms with E-state index in [-0.39, 0.29) is 0 Å². The number of aromatic nitrogens is 2. The lowest BCUT2D eigenvalue weighted by Gasteiger charge is -2.26. The maximum Gasteiger partial charge on any atom is 0.0922 e. The van der Waals surface area contributed by atoms with E-state index in [2.05, 4.69) is 34.0 Å². The summed E-state index contributed by atoms with van der Waals surface area (Å²) in [5.41, 5.74) is 1.21. The van der Waals surface area contributed by atoms with Crippen LogP contribution in [0.1, 0.15) is 32.4 Å². The lowest BCUT2D eigenvalue weighted by Crippen LogP contribution is -2.39. The first-order valence-corrected chi connectivity index (χ1v) is 6.67. The Balaban J connectivity index is 1.87. The van der Waals surface area contributed by atoms with Gasteiger partial charge in [0.15, 0.2) is 0 Å². The summed E-state index contributed by atoms with van der Waals surface area (Å²) in [5.74, 6) is 0.708. The Bertz CT molecular complexity index is 301. The normalized spacial score (nSPS) is 20.6. The van der Waals surface area contributed by atoms with Crippen molar-refractivity contribution < 1.29 is 0 Å². The van der Waals surface area contributed by atoms with Crippen LogP contribution in [0.2, 0.25) is 0 Å². The average molecular weight is 236 g/mol. The second kappa shape index (κ2) is 6.17. The van der Waals surface area contributed by atoms with Crippen LogP contribution in [-0.2, 0) is 6.54 Å². The van der Waals surface area contributed by atoms with Crippen molar-refractivity contribution >= 4 is 0 Å². The van der Waals surface area contributed by atoms with Crippen molar-refractivity contribution in [3.05, 3.63) is 18.2 Å². The van der Waals surface area contributed by atoms with Gasteiger partial charge in [0.1, 0.15) is 0 Å². The van der Waals surface area contributed by atoms with E-state index < -0.39 is 0 Å². The van der Waals surface area contributed by atoms with Gasteiger partial charge in [0.25, 0.3) is 0 Å². The number of hydrogen-bond acceptors (Lipinski definition) is 3. The van der Waals surface area contributed by atoms with Gasteiger partial charge in [0.2, 0.25) is 0 Å². The zero-order valence-electron chi connectivity index (χ0n) is 10.9. The number of H-pyrrole nitrogens is 1. The number of rotatable bonds is 6. The van der Waals surface area contributed by atoms with Crippen LogP contribution >= 0.6 is 0 Å². The van der Waals surface area contributed by atoms with E-state index in [0.717, 1.165) is 19.6 Å². The van der Waals surface area contributed by atoms with Gasteiger partial charge in [0, 0.05) is 37.6 Å². The second-order valence-corrected chi connectivity index (χ2v) is 5.46. The maximum atomic E-state index is 4.09. The van der Waals surface area contributed by atoms with Gasteiger partial charge >= 0.3 is 0 Å². The SMILES string of the molecule is CC(C)CN(Cc1cnc[nH]1)CC1CCCN1. The molecule has 2 N–H and O–H groups in total. The molecule has 1 saturated heterocycles. The topological polar surface area (TPSA) is 44.0 Å². The summed E-state index contributed by atoms with van der Waals surface area (Å²) >= 11 is 0. The van der Waals surface area contributed by atoms with E-state index in [1.165, 1.54) is 25.1 Å². The molecule has 0 aliphatic carbocycles. The molecular formula is C13H24N4. The highest BCUT2D eigenvalue weighted by atomic mass is 15.2. The predicted octanol–water partition coefficient (Wildman–Crippen LogP) is 1.62. The first kappa shape index (κ1) is 12.6. The Labute approximate surface area is 104 Å². The summed E-state index contributed by atoms with van der Waals surface area (Å²) in [6.07, 6.45) is 6.33. The van der Waals surface area contributed by atoms with E-state index in [4.69, 9.17) is 0 Å². The second-order valence-electron chi connectivity index (χ2n) is 5.46. The first-order chi connectivity index (χ1) is 8.24. The fourth-order valence-corrected chi connectivity index (χ4v) is 2.56. The van der Waals surface area contributed by atoms with Crippen molar-refractivity contribution in [2.75, 3.05) is 19.6 Å². The van der Waals surface area contributed by atoms with Crippen LogP contribution in [-0.4, -0.2) is 40.5 Å².